The lowest BCUT2D eigenvalue weighted by Crippen LogP contribution is -2.69. The molecule has 0 saturated carbocycles. The quantitative estimate of drug-likeness (QED) is 0.186. The number of methoxy groups -OCH3 is 1. The number of carbonyl (C=O) groups is 2. The highest BCUT2D eigenvalue weighted by atomic mass is 16.5. The molecule has 0 aliphatic carbocycles. The fourth-order valence-corrected chi connectivity index (χ4v) is 8.42. The zero-order valence-electron chi connectivity index (χ0n) is 31.2. The van der Waals surface area contributed by atoms with E-state index in [1.165, 1.54) is 19.9 Å². The summed E-state index contributed by atoms with van der Waals surface area (Å²) in [6, 6.07) is 7.45. The van der Waals surface area contributed by atoms with Gasteiger partial charge in [-0.15, -0.1) is 0 Å². The summed E-state index contributed by atoms with van der Waals surface area (Å²) in [5.74, 6) is 0.411. The van der Waals surface area contributed by atoms with Crippen LogP contribution in [0.4, 0.5) is 0 Å². The van der Waals surface area contributed by atoms with E-state index in [1.54, 1.807) is 24.3 Å². The van der Waals surface area contributed by atoms with Crippen molar-refractivity contribution in [3.63, 3.8) is 0 Å². The van der Waals surface area contributed by atoms with Crippen LogP contribution in [0.15, 0.2) is 24.3 Å². The molecule has 3 rings (SSSR count). The van der Waals surface area contributed by atoms with Gasteiger partial charge in [0.25, 0.3) is 5.91 Å². The molecule has 2 saturated heterocycles. The first-order valence-electron chi connectivity index (χ1n) is 17.6. The van der Waals surface area contributed by atoms with E-state index in [0.29, 0.717) is 35.7 Å². The Morgan fingerprint density at radius 1 is 0.911 bits per heavy atom. The second-order valence-electron chi connectivity index (χ2n) is 15.4. The molecule has 1 aromatic carbocycles. The molecule has 7 heteroatoms. The van der Waals surface area contributed by atoms with Gasteiger partial charge in [0.1, 0.15) is 0 Å². The van der Waals surface area contributed by atoms with Gasteiger partial charge in [-0.1, -0.05) is 39.8 Å². The second-order valence-corrected chi connectivity index (χ2v) is 15.4. The molecule has 2 heterocycles. The number of rotatable bonds is 12. The molecule has 258 valence electrons. The maximum atomic E-state index is 12.5. The van der Waals surface area contributed by atoms with Gasteiger partial charge in [0, 0.05) is 59.5 Å². The minimum Gasteiger partial charge on any atom is -0.381 e. The number of amides is 1. The van der Waals surface area contributed by atoms with Crippen molar-refractivity contribution in [3.05, 3.63) is 35.4 Å². The molecule has 4 atom stereocenters. The summed E-state index contributed by atoms with van der Waals surface area (Å²) >= 11 is 0. The highest BCUT2D eigenvalue weighted by Gasteiger charge is 2.51. The smallest absolute Gasteiger partial charge is 0.251 e. The van der Waals surface area contributed by atoms with Gasteiger partial charge in [0.15, 0.2) is 5.78 Å². The number of likely N-dealkylation sites (tertiary alicyclic amines) is 2. The van der Waals surface area contributed by atoms with Gasteiger partial charge in [-0.3, -0.25) is 19.4 Å². The molecule has 1 aromatic rings. The summed E-state index contributed by atoms with van der Waals surface area (Å²) < 4.78 is 5.56. The summed E-state index contributed by atoms with van der Waals surface area (Å²) in [6.07, 6.45) is 8.19. The van der Waals surface area contributed by atoms with Crippen molar-refractivity contribution in [1.29, 1.82) is 0 Å². The first-order chi connectivity index (χ1) is 21.0. The molecule has 4 unspecified atom stereocenters. The number of hydrogen-bond acceptors (Lipinski definition) is 6. The summed E-state index contributed by atoms with van der Waals surface area (Å²) in [6.45, 7) is 27.7. The summed E-state index contributed by atoms with van der Waals surface area (Å²) in [5, 5.41) is 6.60. The van der Waals surface area contributed by atoms with Crippen LogP contribution in [0.5, 0.6) is 0 Å². The lowest BCUT2D eigenvalue weighted by atomic mass is 9.67. The SMILES string of the molecule is CCC1(C)CC(NC)C(C)C(C)(CC)N1CCCNC(=O)c1cccc(C(C)=O)c1.CCCN1C(C)(C)CC(OC)CC1(C)C. The van der Waals surface area contributed by atoms with E-state index in [1.807, 2.05) is 7.11 Å². The Bertz CT molecular complexity index is 1090. The van der Waals surface area contributed by atoms with Gasteiger partial charge in [-0.2, -0.15) is 0 Å². The van der Waals surface area contributed by atoms with Gasteiger partial charge in [-0.25, -0.2) is 0 Å². The summed E-state index contributed by atoms with van der Waals surface area (Å²) in [7, 11) is 3.92. The molecule has 1 amide bonds. The van der Waals surface area contributed by atoms with Crippen molar-refractivity contribution in [2.45, 2.75) is 155 Å². The Balaban J connectivity index is 0.000000394. The van der Waals surface area contributed by atoms with Crippen LogP contribution in [0.3, 0.4) is 0 Å². The second kappa shape index (κ2) is 16.3. The standard InChI is InChI=1S/C25H41N3O2.C13H27NO/c1-8-24(5)17-22(26-7)18(3)25(6,9-2)28(24)15-11-14-27-23(30)21-13-10-12-20(16-21)19(4)29;1-7-8-14-12(2,3)9-11(15-6)10-13(14,4)5/h10,12-13,16,18,22,26H,8-9,11,14-15,17H2,1-7H3,(H,27,30);11H,7-10H2,1-6H3. The first-order valence-corrected chi connectivity index (χ1v) is 17.6. The fraction of sp³-hybridized carbons (Fsp3) is 0.789. The maximum absolute atomic E-state index is 12.5. The van der Waals surface area contributed by atoms with Crippen LogP contribution in [0.1, 0.15) is 142 Å². The van der Waals surface area contributed by atoms with E-state index >= 15 is 0 Å². The minimum absolute atomic E-state index is 0.0264. The Kier molecular flexibility index (Phi) is 14.3. The van der Waals surface area contributed by atoms with Crippen LogP contribution in [0.2, 0.25) is 0 Å². The van der Waals surface area contributed by atoms with Gasteiger partial charge < -0.3 is 15.4 Å². The lowest BCUT2D eigenvalue weighted by Gasteiger charge is -2.61. The number of ketones is 1. The number of nitrogens with one attached hydrogen (secondary N) is 2. The Hall–Kier alpha value is -1.80. The van der Waals surface area contributed by atoms with Crippen LogP contribution in [-0.2, 0) is 4.74 Å². The van der Waals surface area contributed by atoms with Crippen molar-refractivity contribution in [3.8, 4) is 0 Å². The van der Waals surface area contributed by atoms with Crippen LogP contribution < -0.4 is 10.6 Å². The normalized spacial score (nSPS) is 28.6. The Morgan fingerprint density at radius 3 is 2.00 bits per heavy atom. The number of hydrogen-bond donors (Lipinski definition) is 2. The largest absolute Gasteiger partial charge is 0.381 e. The first kappa shape index (κ1) is 39.4. The van der Waals surface area contributed by atoms with Gasteiger partial charge in [0.05, 0.1) is 6.10 Å². The number of nitrogens with zero attached hydrogens (tertiary/aromatic N) is 2. The van der Waals surface area contributed by atoms with Crippen molar-refractivity contribution >= 4 is 11.7 Å². The molecule has 2 fully saturated rings. The molecule has 0 bridgehead atoms. The molecule has 2 aliphatic rings. The third kappa shape index (κ3) is 9.39. The fourth-order valence-electron chi connectivity index (χ4n) is 8.42. The zero-order chi connectivity index (χ0) is 34.2. The topological polar surface area (TPSA) is 73.9 Å². The number of Topliss-reactive ketones (excluding diaryl/α,β-unsaturated/α-hetero) is 1. The molecule has 7 nitrogen and oxygen atoms in total. The number of benzene rings is 1. The average molecular weight is 629 g/mol. The monoisotopic (exact) mass is 629 g/mol. The number of ether oxygens (including phenoxy) is 1. The average Bonchev–Trinajstić information content (AvgIpc) is 3.00. The lowest BCUT2D eigenvalue weighted by molar-refractivity contribution is -0.0961. The molecule has 45 heavy (non-hydrogen) atoms. The minimum atomic E-state index is -0.114. The Morgan fingerprint density at radius 2 is 1.51 bits per heavy atom. The number of carbonyl (C=O) groups excluding carboxylic acids is 2. The van der Waals surface area contributed by atoms with Gasteiger partial charge >= 0.3 is 0 Å². The van der Waals surface area contributed by atoms with E-state index < -0.39 is 0 Å². The predicted octanol–water partition coefficient (Wildman–Crippen LogP) is 7.34. The highest BCUT2D eigenvalue weighted by molar-refractivity contribution is 5.99. The van der Waals surface area contributed by atoms with E-state index in [2.05, 4.69) is 96.7 Å². The molecule has 0 aromatic heterocycles. The van der Waals surface area contributed by atoms with Crippen molar-refractivity contribution in [2.75, 3.05) is 33.8 Å². The van der Waals surface area contributed by atoms with Crippen molar-refractivity contribution in [2.24, 2.45) is 5.92 Å². The molecule has 2 N–H and O–H groups in total. The van der Waals surface area contributed by atoms with Gasteiger partial charge in [0.2, 0.25) is 0 Å². The maximum Gasteiger partial charge on any atom is 0.251 e. The van der Waals surface area contributed by atoms with Crippen molar-refractivity contribution < 1.29 is 14.3 Å². The van der Waals surface area contributed by atoms with Crippen LogP contribution >= 0.6 is 0 Å². The molecule has 0 radical (unpaired) electrons. The molecular formula is C38H68N4O3. The van der Waals surface area contributed by atoms with E-state index in [-0.39, 0.29) is 33.8 Å². The summed E-state index contributed by atoms with van der Waals surface area (Å²) in [4.78, 5) is 29.4. The van der Waals surface area contributed by atoms with Gasteiger partial charge in [-0.05, 0) is 125 Å². The number of piperidine rings is 2. The highest BCUT2D eigenvalue weighted by Crippen LogP contribution is 2.45. The molecule has 2 aliphatic heterocycles. The Labute approximate surface area is 276 Å². The van der Waals surface area contributed by atoms with E-state index in [9.17, 15) is 9.59 Å². The van der Waals surface area contributed by atoms with Crippen LogP contribution in [0, 0.1) is 5.92 Å². The van der Waals surface area contributed by atoms with E-state index in [0.717, 1.165) is 45.1 Å². The molecular weight excluding hydrogens is 560 g/mol. The van der Waals surface area contributed by atoms with E-state index in [4.69, 9.17) is 4.74 Å². The third-order valence-electron chi connectivity index (χ3n) is 11.4. The van der Waals surface area contributed by atoms with Crippen LogP contribution in [-0.4, -0.2) is 89.6 Å². The predicted molar refractivity (Wildman–Crippen MR) is 189 cm³/mol. The third-order valence-corrected chi connectivity index (χ3v) is 11.4. The summed E-state index contributed by atoms with van der Waals surface area (Å²) in [5.41, 5.74) is 1.91. The van der Waals surface area contributed by atoms with Crippen molar-refractivity contribution in [1.82, 2.24) is 20.4 Å². The van der Waals surface area contributed by atoms with Crippen LogP contribution in [0.25, 0.3) is 0 Å². The molecule has 0 spiro atoms. The zero-order valence-corrected chi connectivity index (χ0v) is 31.2.